The first-order valence-corrected chi connectivity index (χ1v) is 6.90. The van der Waals surface area contributed by atoms with Crippen LogP contribution < -0.4 is 0 Å². The first kappa shape index (κ1) is 12.3. The molecule has 2 rings (SSSR count). The van der Waals surface area contributed by atoms with E-state index < -0.39 is 0 Å². The van der Waals surface area contributed by atoms with E-state index >= 15 is 0 Å². The van der Waals surface area contributed by atoms with Crippen LogP contribution in [0.4, 0.5) is 0 Å². The monoisotopic (exact) mass is 230 g/mol. The second-order valence-corrected chi connectivity index (χ2v) is 5.10. The number of carbonyl (C=O) groups is 1. The Hall–Kier alpha value is -1.11. The molecule has 1 aromatic rings. The van der Waals surface area contributed by atoms with E-state index in [2.05, 4.69) is 19.9 Å². The second kappa shape index (κ2) is 5.48. The number of benzene rings is 1. The van der Waals surface area contributed by atoms with Crippen LogP contribution in [0, 0.1) is 11.8 Å². The third-order valence-corrected chi connectivity index (χ3v) is 4.20. The van der Waals surface area contributed by atoms with E-state index in [1.807, 2.05) is 18.2 Å². The Bertz CT molecular complexity index is 390. The number of rotatable bonds is 3. The summed E-state index contributed by atoms with van der Waals surface area (Å²) in [4.78, 5) is 12.6. The van der Waals surface area contributed by atoms with Crippen molar-refractivity contribution in [1.82, 2.24) is 0 Å². The summed E-state index contributed by atoms with van der Waals surface area (Å²) in [6.45, 7) is 4.41. The van der Waals surface area contributed by atoms with E-state index in [1.54, 1.807) is 0 Å². The van der Waals surface area contributed by atoms with Gasteiger partial charge in [-0.05, 0) is 30.7 Å². The highest BCUT2D eigenvalue weighted by molar-refractivity contribution is 5.99. The van der Waals surface area contributed by atoms with E-state index in [0.717, 1.165) is 37.7 Å². The van der Waals surface area contributed by atoms with Crippen molar-refractivity contribution in [2.24, 2.45) is 11.8 Å². The molecule has 1 aliphatic rings. The number of fused-ring (bicyclic) bond motifs is 1. The zero-order chi connectivity index (χ0) is 12.3. The van der Waals surface area contributed by atoms with Crippen LogP contribution in [0.2, 0.25) is 0 Å². The van der Waals surface area contributed by atoms with Gasteiger partial charge in [0.2, 0.25) is 0 Å². The molecule has 0 radical (unpaired) electrons. The lowest BCUT2D eigenvalue weighted by Crippen LogP contribution is -2.22. The number of aryl methyl sites for hydroxylation is 1. The van der Waals surface area contributed by atoms with Gasteiger partial charge in [0.15, 0.2) is 5.78 Å². The lowest BCUT2D eigenvalue weighted by atomic mass is 9.81. The quantitative estimate of drug-likeness (QED) is 0.709. The Balaban J connectivity index is 2.31. The number of hydrogen-bond donors (Lipinski definition) is 0. The maximum atomic E-state index is 12.6. The van der Waals surface area contributed by atoms with Crippen LogP contribution in [0.25, 0.3) is 0 Å². The summed E-state index contributed by atoms with van der Waals surface area (Å²) < 4.78 is 0. The van der Waals surface area contributed by atoms with Gasteiger partial charge in [-0.3, -0.25) is 4.79 Å². The summed E-state index contributed by atoms with van der Waals surface area (Å²) in [5, 5.41) is 0. The van der Waals surface area contributed by atoms with Crippen molar-refractivity contribution in [3.63, 3.8) is 0 Å². The van der Waals surface area contributed by atoms with Gasteiger partial charge in [-0.25, -0.2) is 0 Å². The Morgan fingerprint density at radius 1 is 1.24 bits per heavy atom. The van der Waals surface area contributed by atoms with Crippen molar-refractivity contribution < 1.29 is 4.79 Å². The molecule has 1 atom stereocenters. The van der Waals surface area contributed by atoms with E-state index in [0.29, 0.717) is 11.7 Å². The smallest absolute Gasteiger partial charge is 0.166 e. The van der Waals surface area contributed by atoms with Gasteiger partial charge < -0.3 is 0 Å². The highest BCUT2D eigenvalue weighted by Gasteiger charge is 2.29. The zero-order valence-electron chi connectivity index (χ0n) is 10.9. The summed E-state index contributed by atoms with van der Waals surface area (Å²) in [5.74, 6) is 1.22. The van der Waals surface area contributed by atoms with Gasteiger partial charge in [-0.2, -0.15) is 0 Å². The molecular weight excluding hydrogens is 208 g/mol. The van der Waals surface area contributed by atoms with E-state index in [9.17, 15) is 4.79 Å². The molecule has 0 saturated heterocycles. The first-order chi connectivity index (χ1) is 8.27. The largest absolute Gasteiger partial charge is 0.294 e. The van der Waals surface area contributed by atoms with Crippen LogP contribution >= 0.6 is 0 Å². The molecule has 0 spiro atoms. The van der Waals surface area contributed by atoms with Crippen molar-refractivity contribution in [1.29, 1.82) is 0 Å². The maximum Gasteiger partial charge on any atom is 0.166 e. The van der Waals surface area contributed by atoms with Crippen LogP contribution in [-0.4, -0.2) is 5.78 Å². The van der Waals surface area contributed by atoms with Gasteiger partial charge in [-0.1, -0.05) is 51.0 Å². The van der Waals surface area contributed by atoms with Crippen molar-refractivity contribution in [2.45, 2.75) is 46.0 Å². The highest BCUT2D eigenvalue weighted by atomic mass is 16.1. The Morgan fingerprint density at radius 3 is 2.65 bits per heavy atom. The fraction of sp³-hybridized carbons (Fsp3) is 0.562. The van der Waals surface area contributed by atoms with Gasteiger partial charge in [0.05, 0.1) is 0 Å². The summed E-state index contributed by atoms with van der Waals surface area (Å²) in [5.41, 5.74) is 2.24. The number of ketones is 1. The molecule has 0 bridgehead atoms. The fourth-order valence-corrected chi connectivity index (χ4v) is 3.13. The van der Waals surface area contributed by atoms with Gasteiger partial charge in [0.25, 0.3) is 0 Å². The average Bonchev–Trinajstić information content (AvgIpc) is 2.53. The number of hydrogen-bond acceptors (Lipinski definition) is 1. The topological polar surface area (TPSA) is 17.1 Å². The summed E-state index contributed by atoms with van der Waals surface area (Å²) in [6.07, 6.45) is 5.53. The predicted octanol–water partition coefficient (Wildman–Crippen LogP) is 4.26. The van der Waals surface area contributed by atoms with Gasteiger partial charge in [-0.15, -0.1) is 0 Å². The standard InChI is InChI=1S/C16H22O/c1-3-12(4-2)14-11-7-9-13-8-5-6-10-15(13)16(14)17/h5-6,8,10,12,14H,3-4,7,9,11H2,1-2H3. The summed E-state index contributed by atoms with van der Waals surface area (Å²) in [7, 11) is 0. The Labute approximate surface area is 104 Å². The van der Waals surface area contributed by atoms with Crippen LogP contribution in [0.3, 0.4) is 0 Å². The molecule has 17 heavy (non-hydrogen) atoms. The summed E-state index contributed by atoms with van der Waals surface area (Å²) in [6, 6.07) is 8.16. The van der Waals surface area contributed by atoms with E-state index in [-0.39, 0.29) is 5.92 Å². The molecule has 1 nitrogen and oxygen atoms in total. The number of Topliss-reactive ketones (excluding diaryl/α,β-unsaturated/α-hetero) is 1. The molecule has 92 valence electrons. The molecule has 0 aliphatic heterocycles. The van der Waals surface area contributed by atoms with Crippen LogP contribution in [-0.2, 0) is 6.42 Å². The number of carbonyl (C=O) groups excluding carboxylic acids is 1. The SMILES string of the molecule is CCC(CC)C1CCCc2ccccc2C1=O. The molecule has 1 aromatic carbocycles. The van der Waals surface area contributed by atoms with Crippen molar-refractivity contribution >= 4 is 5.78 Å². The maximum absolute atomic E-state index is 12.6. The normalized spacial score (nSPS) is 20.2. The van der Waals surface area contributed by atoms with Gasteiger partial charge in [0, 0.05) is 11.5 Å². The predicted molar refractivity (Wildman–Crippen MR) is 71.3 cm³/mol. The molecule has 1 aliphatic carbocycles. The van der Waals surface area contributed by atoms with Gasteiger partial charge in [0.1, 0.15) is 0 Å². The molecule has 0 aromatic heterocycles. The average molecular weight is 230 g/mol. The lowest BCUT2D eigenvalue weighted by Gasteiger charge is -2.22. The third kappa shape index (κ3) is 2.43. The molecular formula is C16H22O. The first-order valence-electron chi connectivity index (χ1n) is 6.90. The molecule has 0 N–H and O–H groups in total. The summed E-state index contributed by atoms with van der Waals surface area (Å²) >= 11 is 0. The molecule has 1 heteroatoms. The van der Waals surface area contributed by atoms with Crippen molar-refractivity contribution in [2.75, 3.05) is 0 Å². The van der Waals surface area contributed by atoms with Crippen molar-refractivity contribution in [3.8, 4) is 0 Å². The van der Waals surface area contributed by atoms with E-state index in [4.69, 9.17) is 0 Å². The third-order valence-electron chi connectivity index (χ3n) is 4.20. The lowest BCUT2D eigenvalue weighted by molar-refractivity contribution is 0.0858. The van der Waals surface area contributed by atoms with Gasteiger partial charge >= 0.3 is 0 Å². The van der Waals surface area contributed by atoms with Crippen molar-refractivity contribution in [3.05, 3.63) is 35.4 Å². The molecule has 0 heterocycles. The zero-order valence-corrected chi connectivity index (χ0v) is 10.9. The molecule has 1 unspecified atom stereocenters. The van der Waals surface area contributed by atoms with Crippen LogP contribution in [0.15, 0.2) is 24.3 Å². The fourth-order valence-electron chi connectivity index (χ4n) is 3.13. The second-order valence-electron chi connectivity index (χ2n) is 5.10. The highest BCUT2D eigenvalue weighted by Crippen LogP contribution is 2.32. The van der Waals surface area contributed by atoms with Crippen LogP contribution in [0.5, 0.6) is 0 Å². The molecule has 0 saturated carbocycles. The van der Waals surface area contributed by atoms with Crippen LogP contribution in [0.1, 0.15) is 55.5 Å². The minimum absolute atomic E-state index is 0.258. The Kier molecular flexibility index (Phi) is 3.98. The molecule has 0 fully saturated rings. The minimum Gasteiger partial charge on any atom is -0.294 e. The Morgan fingerprint density at radius 2 is 1.94 bits per heavy atom. The minimum atomic E-state index is 0.258. The molecule has 0 amide bonds. The van der Waals surface area contributed by atoms with E-state index in [1.165, 1.54) is 5.56 Å².